The zero-order valence-electron chi connectivity index (χ0n) is 11.7. The van der Waals surface area contributed by atoms with Gasteiger partial charge in [0, 0.05) is 32.7 Å². The van der Waals surface area contributed by atoms with Crippen molar-refractivity contribution in [2.24, 2.45) is 0 Å². The first-order valence-corrected chi connectivity index (χ1v) is 6.93. The van der Waals surface area contributed by atoms with Crippen LogP contribution in [-0.4, -0.2) is 59.8 Å². The molecule has 2 heterocycles. The summed E-state index contributed by atoms with van der Waals surface area (Å²) in [6.45, 7) is 5.29. The van der Waals surface area contributed by atoms with Gasteiger partial charge in [0.2, 0.25) is 6.41 Å². The molecule has 2 amide bonds. The Bertz CT molecular complexity index is 453. The molecule has 0 atom stereocenters. The van der Waals surface area contributed by atoms with Crippen molar-refractivity contribution in [3.8, 4) is 0 Å². The number of aromatic nitrogens is 1. The zero-order chi connectivity index (χ0) is 14.4. The predicted molar refractivity (Wildman–Crippen MR) is 76.6 cm³/mol. The molecule has 2 rings (SSSR count). The van der Waals surface area contributed by atoms with Gasteiger partial charge >= 0.3 is 0 Å². The number of hydrogen-bond acceptors (Lipinski definition) is 4. The van der Waals surface area contributed by atoms with Crippen molar-refractivity contribution < 1.29 is 9.59 Å². The number of nitrogens with zero attached hydrogens (tertiary/aromatic N) is 3. The minimum absolute atomic E-state index is 0.0717. The Morgan fingerprint density at radius 3 is 2.65 bits per heavy atom. The molecule has 0 saturated carbocycles. The van der Waals surface area contributed by atoms with Crippen molar-refractivity contribution in [1.82, 2.24) is 14.8 Å². The van der Waals surface area contributed by atoms with Crippen LogP contribution in [0.5, 0.6) is 0 Å². The number of nitrogens with one attached hydrogen (secondary N) is 1. The molecule has 0 aromatic carbocycles. The lowest BCUT2D eigenvalue weighted by molar-refractivity contribution is -0.119. The summed E-state index contributed by atoms with van der Waals surface area (Å²) in [5, 5.41) is 3.22. The van der Waals surface area contributed by atoms with Crippen LogP contribution in [0.25, 0.3) is 0 Å². The van der Waals surface area contributed by atoms with Gasteiger partial charge in [-0.2, -0.15) is 0 Å². The number of hydrogen-bond donors (Lipinski definition) is 1. The van der Waals surface area contributed by atoms with Gasteiger partial charge in [-0.3, -0.25) is 9.59 Å². The molecule has 108 valence electrons. The van der Waals surface area contributed by atoms with Crippen LogP contribution in [0.15, 0.2) is 18.3 Å². The van der Waals surface area contributed by atoms with E-state index in [9.17, 15) is 9.59 Å². The minimum Gasteiger partial charge on any atom is -0.384 e. The third-order valence-electron chi connectivity index (χ3n) is 3.31. The number of rotatable bonds is 5. The fraction of sp³-hybridized carbons (Fsp3) is 0.500. The van der Waals surface area contributed by atoms with Crippen LogP contribution < -0.4 is 5.32 Å². The van der Waals surface area contributed by atoms with Crippen LogP contribution in [0.4, 0.5) is 5.69 Å². The molecule has 0 radical (unpaired) electrons. The standard InChI is InChI=1S/C14H20N4O2/c1-2-5-15-12-3-4-13(16-10-12)14(20)18-8-6-17(11-19)7-9-18/h3-4,10-11,15H,2,5-9H2,1H3. The molecule has 1 N–H and O–H groups in total. The summed E-state index contributed by atoms with van der Waals surface area (Å²) in [6.07, 6.45) is 3.56. The van der Waals surface area contributed by atoms with Gasteiger partial charge < -0.3 is 15.1 Å². The van der Waals surface area contributed by atoms with E-state index in [1.807, 2.05) is 6.07 Å². The van der Waals surface area contributed by atoms with Crippen molar-refractivity contribution in [2.45, 2.75) is 13.3 Å². The van der Waals surface area contributed by atoms with Gasteiger partial charge in [-0.05, 0) is 18.6 Å². The largest absolute Gasteiger partial charge is 0.384 e. The highest BCUT2D eigenvalue weighted by atomic mass is 16.2. The summed E-state index contributed by atoms with van der Waals surface area (Å²) >= 11 is 0. The maximum Gasteiger partial charge on any atom is 0.272 e. The summed E-state index contributed by atoms with van der Waals surface area (Å²) in [5.74, 6) is -0.0717. The lowest BCUT2D eigenvalue weighted by Crippen LogP contribution is -2.48. The van der Waals surface area contributed by atoms with E-state index >= 15 is 0 Å². The summed E-state index contributed by atoms with van der Waals surface area (Å²) in [7, 11) is 0. The number of carbonyl (C=O) groups excluding carboxylic acids is 2. The minimum atomic E-state index is -0.0717. The zero-order valence-corrected chi connectivity index (χ0v) is 11.7. The van der Waals surface area contributed by atoms with E-state index < -0.39 is 0 Å². The number of piperazine rings is 1. The lowest BCUT2D eigenvalue weighted by Gasteiger charge is -2.32. The molecule has 1 aromatic rings. The van der Waals surface area contributed by atoms with Crippen LogP contribution in [0.3, 0.4) is 0 Å². The second kappa shape index (κ2) is 6.88. The Labute approximate surface area is 118 Å². The van der Waals surface area contributed by atoms with Crippen molar-refractivity contribution >= 4 is 18.0 Å². The highest BCUT2D eigenvalue weighted by Gasteiger charge is 2.21. The van der Waals surface area contributed by atoms with Crippen LogP contribution in [0, 0.1) is 0 Å². The Kier molecular flexibility index (Phi) is 4.92. The van der Waals surface area contributed by atoms with E-state index in [2.05, 4.69) is 17.2 Å². The second-order valence-corrected chi connectivity index (χ2v) is 4.79. The molecule has 6 heteroatoms. The quantitative estimate of drug-likeness (QED) is 0.809. The molecule has 6 nitrogen and oxygen atoms in total. The van der Waals surface area contributed by atoms with Gasteiger partial charge in [0.15, 0.2) is 0 Å². The molecular formula is C14H20N4O2. The number of carbonyl (C=O) groups is 2. The smallest absolute Gasteiger partial charge is 0.272 e. The Morgan fingerprint density at radius 2 is 2.10 bits per heavy atom. The maximum atomic E-state index is 12.3. The van der Waals surface area contributed by atoms with Crippen molar-refractivity contribution in [3.63, 3.8) is 0 Å². The average molecular weight is 276 g/mol. The van der Waals surface area contributed by atoms with E-state index in [1.54, 1.807) is 22.1 Å². The van der Waals surface area contributed by atoms with E-state index in [0.717, 1.165) is 25.1 Å². The second-order valence-electron chi connectivity index (χ2n) is 4.79. The molecule has 1 aromatic heterocycles. The molecule has 1 aliphatic heterocycles. The topological polar surface area (TPSA) is 65.5 Å². The first-order valence-electron chi connectivity index (χ1n) is 6.93. The molecule has 1 aliphatic rings. The fourth-order valence-corrected chi connectivity index (χ4v) is 2.09. The van der Waals surface area contributed by atoms with Crippen molar-refractivity contribution in [2.75, 3.05) is 38.0 Å². The summed E-state index contributed by atoms with van der Waals surface area (Å²) in [4.78, 5) is 30.5. The van der Waals surface area contributed by atoms with E-state index in [0.29, 0.717) is 31.9 Å². The van der Waals surface area contributed by atoms with Crippen LogP contribution >= 0.6 is 0 Å². The van der Waals surface area contributed by atoms with Gasteiger partial charge in [0.25, 0.3) is 5.91 Å². The van der Waals surface area contributed by atoms with Gasteiger partial charge in [0.05, 0.1) is 11.9 Å². The maximum absolute atomic E-state index is 12.3. The van der Waals surface area contributed by atoms with Crippen LogP contribution in [0.2, 0.25) is 0 Å². The Morgan fingerprint density at radius 1 is 1.35 bits per heavy atom. The monoisotopic (exact) mass is 276 g/mol. The highest BCUT2D eigenvalue weighted by Crippen LogP contribution is 2.10. The van der Waals surface area contributed by atoms with E-state index in [1.165, 1.54) is 0 Å². The third kappa shape index (κ3) is 3.46. The first-order chi connectivity index (χ1) is 9.74. The first kappa shape index (κ1) is 14.3. The SMILES string of the molecule is CCCNc1ccc(C(=O)N2CCN(C=O)CC2)nc1. The molecule has 20 heavy (non-hydrogen) atoms. The van der Waals surface area contributed by atoms with Gasteiger partial charge in [-0.25, -0.2) is 4.98 Å². The normalized spacial score (nSPS) is 15.1. The average Bonchev–Trinajstić information content (AvgIpc) is 2.53. The number of amides is 2. The van der Waals surface area contributed by atoms with Crippen LogP contribution in [-0.2, 0) is 4.79 Å². The molecule has 0 aliphatic carbocycles. The Balaban J connectivity index is 1.94. The number of pyridine rings is 1. The van der Waals surface area contributed by atoms with Crippen LogP contribution in [0.1, 0.15) is 23.8 Å². The summed E-state index contributed by atoms with van der Waals surface area (Å²) in [5.41, 5.74) is 1.38. The van der Waals surface area contributed by atoms with Gasteiger partial charge in [-0.1, -0.05) is 6.92 Å². The van der Waals surface area contributed by atoms with Crippen molar-refractivity contribution in [3.05, 3.63) is 24.0 Å². The highest BCUT2D eigenvalue weighted by molar-refractivity contribution is 5.92. The van der Waals surface area contributed by atoms with E-state index in [4.69, 9.17) is 0 Å². The Hall–Kier alpha value is -2.11. The third-order valence-corrected chi connectivity index (χ3v) is 3.31. The molecule has 0 unspecified atom stereocenters. The fourth-order valence-electron chi connectivity index (χ4n) is 2.09. The van der Waals surface area contributed by atoms with Crippen molar-refractivity contribution in [1.29, 1.82) is 0 Å². The molecular weight excluding hydrogens is 256 g/mol. The summed E-state index contributed by atoms with van der Waals surface area (Å²) < 4.78 is 0. The predicted octanol–water partition coefficient (Wildman–Crippen LogP) is 0.818. The summed E-state index contributed by atoms with van der Waals surface area (Å²) in [6, 6.07) is 3.62. The van der Waals surface area contributed by atoms with Gasteiger partial charge in [-0.15, -0.1) is 0 Å². The number of anilines is 1. The molecule has 0 spiro atoms. The molecule has 1 saturated heterocycles. The van der Waals surface area contributed by atoms with E-state index in [-0.39, 0.29) is 5.91 Å². The molecule has 1 fully saturated rings. The lowest BCUT2D eigenvalue weighted by atomic mass is 10.2. The van der Waals surface area contributed by atoms with Gasteiger partial charge in [0.1, 0.15) is 5.69 Å². The molecule has 0 bridgehead atoms.